The summed E-state index contributed by atoms with van der Waals surface area (Å²) in [5, 5.41) is 3.00. The quantitative estimate of drug-likeness (QED) is 0.822. The van der Waals surface area contributed by atoms with Gasteiger partial charge in [0, 0.05) is 32.1 Å². The normalized spacial score (nSPS) is 16.2. The van der Waals surface area contributed by atoms with Gasteiger partial charge in [0.25, 0.3) is 0 Å². The Kier molecular flexibility index (Phi) is 8.79. The van der Waals surface area contributed by atoms with Crippen LogP contribution in [0.25, 0.3) is 0 Å². The van der Waals surface area contributed by atoms with E-state index >= 15 is 0 Å². The molecule has 1 unspecified atom stereocenters. The zero-order chi connectivity index (χ0) is 16.7. The van der Waals surface area contributed by atoms with E-state index in [1.165, 1.54) is 0 Å². The second kappa shape index (κ2) is 10.3. The molecule has 0 radical (unpaired) electrons. The summed E-state index contributed by atoms with van der Waals surface area (Å²) in [6.07, 6.45) is 2.79. The van der Waals surface area contributed by atoms with Crippen LogP contribution in [0, 0.1) is 0 Å². The SMILES string of the molecule is CCC(C(=O)N1CCC(NC(=O)CCN)CC1)c1ccccc1.Cl. The summed E-state index contributed by atoms with van der Waals surface area (Å²) in [4.78, 5) is 26.3. The lowest BCUT2D eigenvalue weighted by Gasteiger charge is -2.34. The first-order chi connectivity index (χ1) is 11.2. The van der Waals surface area contributed by atoms with E-state index in [1.807, 2.05) is 35.2 Å². The number of likely N-dealkylation sites (tertiary alicyclic amines) is 1. The Labute approximate surface area is 150 Å². The van der Waals surface area contributed by atoms with Crippen molar-refractivity contribution in [2.75, 3.05) is 19.6 Å². The van der Waals surface area contributed by atoms with Gasteiger partial charge in [-0.2, -0.15) is 0 Å². The topological polar surface area (TPSA) is 75.4 Å². The number of carbonyl (C=O) groups excluding carboxylic acids is 2. The molecule has 5 nitrogen and oxygen atoms in total. The molecule has 1 aliphatic rings. The van der Waals surface area contributed by atoms with Crippen LogP contribution < -0.4 is 11.1 Å². The summed E-state index contributed by atoms with van der Waals surface area (Å²) in [5.74, 6) is 0.137. The molecule has 0 aliphatic carbocycles. The van der Waals surface area contributed by atoms with E-state index in [0.29, 0.717) is 26.1 Å². The maximum atomic E-state index is 12.8. The van der Waals surface area contributed by atoms with Crippen molar-refractivity contribution in [3.63, 3.8) is 0 Å². The van der Waals surface area contributed by atoms with E-state index in [-0.39, 0.29) is 36.2 Å². The zero-order valence-corrected chi connectivity index (χ0v) is 15.1. The second-order valence-corrected chi connectivity index (χ2v) is 6.08. The predicted octanol–water partition coefficient (Wildman–Crippen LogP) is 2.06. The Balaban J connectivity index is 0.00000288. The van der Waals surface area contributed by atoms with E-state index in [2.05, 4.69) is 12.2 Å². The zero-order valence-electron chi connectivity index (χ0n) is 14.2. The number of hydrogen-bond acceptors (Lipinski definition) is 3. The van der Waals surface area contributed by atoms with Crippen molar-refractivity contribution in [1.29, 1.82) is 0 Å². The minimum atomic E-state index is -0.0698. The minimum absolute atomic E-state index is 0. The van der Waals surface area contributed by atoms with Gasteiger partial charge in [-0.3, -0.25) is 9.59 Å². The summed E-state index contributed by atoms with van der Waals surface area (Å²) in [6, 6.07) is 10.1. The highest BCUT2D eigenvalue weighted by Gasteiger charge is 2.28. The van der Waals surface area contributed by atoms with Crippen molar-refractivity contribution >= 4 is 24.2 Å². The van der Waals surface area contributed by atoms with Crippen molar-refractivity contribution in [2.24, 2.45) is 5.73 Å². The lowest BCUT2D eigenvalue weighted by atomic mass is 9.93. The first-order valence-electron chi connectivity index (χ1n) is 8.48. The molecule has 1 heterocycles. The number of nitrogens with zero attached hydrogens (tertiary/aromatic N) is 1. The molecule has 134 valence electrons. The van der Waals surface area contributed by atoms with Crippen molar-refractivity contribution in [2.45, 2.75) is 44.6 Å². The standard InChI is InChI=1S/C18H27N3O2.ClH/c1-2-16(14-6-4-3-5-7-14)18(23)21-12-9-15(10-13-21)20-17(22)8-11-19;/h3-7,15-16H,2,8-13,19H2,1H3,(H,20,22);1H. The van der Waals surface area contributed by atoms with Crippen molar-refractivity contribution in [1.82, 2.24) is 10.2 Å². The van der Waals surface area contributed by atoms with Crippen molar-refractivity contribution in [3.8, 4) is 0 Å². The number of amides is 2. The third kappa shape index (κ3) is 5.49. The molecule has 0 saturated carbocycles. The van der Waals surface area contributed by atoms with Crippen LogP contribution in [-0.2, 0) is 9.59 Å². The highest BCUT2D eigenvalue weighted by atomic mass is 35.5. The molecular weight excluding hydrogens is 326 g/mol. The van der Waals surface area contributed by atoms with Crippen LogP contribution in [0.3, 0.4) is 0 Å². The molecule has 24 heavy (non-hydrogen) atoms. The molecule has 6 heteroatoms. The van der Waals surface area contributed by atoms with Gasteiger partial charge in [0.05, 0.1) is 5.92 Å². The summed E-state index contributed by atoms with van der Waals surface area (Å²) in [6.45, 7) is 3.83. The Hall–Kier alpha value is -1.59. The molecule has 1 fully saturated rings. The molecule has 2 amide bonds. The molecule has 1 aliphatic heterocycles. The van der Waals surface area contributed by atoms with Gasteiger partial charge in [-0.1, -0.05) is 37.3 Å². The van der Waals surface area contributed by atoms with Crippen molar-refractivity contribution < 1.29 is 9.59 Å². The molecule has 1 saturated heterocycles. The Morgan fingerprint density at radius 2 is 1.88 bits per heavy atom. The van der Waals surface area contributed by atoms with Gasteiger partial charge in [0.2, 0.25) is 11.8 Å². The summed E-state index contributed by atoms with van der Waals surface area (Å²) >= 11 is 0. The van der Waals surface area contributed by atoms with Crippen LogP contribution in [0.4, 0.5) is 0 Å². The lowest BCUT2D eigenvalue weighted by Crippen LogP contribution is -2.47. The predicted molar refractivity (Wildman–Crippen MR) is 98.1 cm³/mol. The van der Waals surface area contributed by atoms with Gasteiger partial charge < -0.3 is 16.0 Å². The Bertz CT molecular complexity index is 516. The number of hydrogen-bond donors (Lipinski definition) is 2. The molecule has 0 spiro atoms. The number of nitrogens with two attached hydrogens (primary N) is 1. The van der Waals surface area contributed by atoms with Gasteiger partial charge in [0.1, 0.15) is 0 Å². The van der Waals surface area contributed by atoms with E-state index in [1.54, 1.807) is 0 Å². The largest absolute Gasteiger partial charge is 0.353 e. The fourth-order valence-corrected chi connectivity index (χ4v) is 3.13. The van der Waals surface area contributed by atoms with E-state index in [4.69, 9.17) is 5.73 Å². The van der Waals surface area contributed by atoms with Crippen molar-refractivity contribution in [3.05, 3.63) is 35.9 Å². The number of halogens is 1. The van der Waals surface area contributed by atoms with Gasteiger partial charge in [-0.05, 0) is 24.8 Å². The third-order valence-electron chi connectivity index (χ3n) is 4.45. The third-order valence-corrected chi connectivity index (χ3v) is 4.45. The van der Waals surface area contributed by atoms with Crippen LogP contribution in [-0.4, -0.2) is 42.4 Å². The molecular formula is C18H28ClN3O2. The minimum Gasteiger partial charge on any atom is -0.353 e. The van der Waals surface area contributed by atoms with Crippen LogP contribution in [0.15, 0.2) is 30.3 Å². The Morgan fingerprint density at radius 3 is 2.42 bits per heavy atom. The Morgan fingerprint density at radius 1 is 1.25 bits per heavy atom. The molecule has 0 aromatic heterocycles. The molecule has 1 atom stereocenters. The fraction of sp³-hybridized carbons (Fsp3) is 0.556. The summed E-state index contributed by atoms with van der Waals surface area (Å²) < 4.78 is 0. The summed E-state index contributed by atoms with van der Waals surface area (Å²) in [7, 11) is 0. The highest BCUT2D eigenvalue weighted by molar-refractivity contribution is 5.85. The van der Waals surface area contributed by atoms with Gasteiger partial charge in [-0.25, -0.2) is 0 Å². The molecule has 0 bridgehead atoms. The average Bonchev–Trinajstić information content (AvgIpc) is 2.57. The van der Waals surface area contributed by atoms with Gasteiger partial charge in [0.15, 0.2) is 0 Å². The van der Waals surface area contributed by atoms with E-state index < -0.39 is 0 Å². The first-order valence-corrected chi connectivity index (χ1v) is 8.48. The number of carbonyl (C=O) groups is 2. The smallest absolute Gasteiger partial charge is 0.230 e. The van der Waals surface area contributed by atoms with Crippen LogP contribution in [0.5, 0.6) is 0 Å². The number of rotatable bonds is 6. The van der Waals surface area contributed by atoms with E-state index in [9.17, 15) is 9.59 Å². The maximum absolute atomic E-state index is 12.8. The molecule has 3 N–H and O–H groups in total. The molecule has 2 rings (SSSR count). The number of piperidine rings is 1. The average molecular weight is 354 g/mol. The molecule has 1 aromatic carbocycles. The first kappa shape index (κ1) is 20.5. The fourth-order valence-electron chi connectivity index (χ4n) is 3.13. The van der Waals surface area contributed by atoms with Crippen LogP contribution in [0.2, 0.25) is 0 Å². The monoisotopic (exact) mass is 353 g/mol. The number of nitrogens with one attached hydrogen (secondary N) is 1. The highest BCUT2D eigenvalue weighted by Crippen LogP contribution is 2.24. The van der Waals surface area contributed by atoms with Gasteiger partial charge >= 0.3 is 0 Å². The van der Waals surface area contributed by atoms with E-state index in [0.717, 1.165) is 24.8 Å². The molecule has 1 aromatic rings. The second-order valence-electron chi connectivity index (χ2n) is 6.08. The number of benzene rings is 1. The van der Waals surface area contributed by atoms with Gasteiger partial charge in [-0.15, -0.1) is 12.4 Å². The maximum Gasteiger partial charge on any atom is 0.230 e. The lowest BCUT2D eigenvalue weighted by molar-refractivity contribution is -0.134. The van der Waals surface area contributed by atoms with Crippen LogP contribution >= 0.6 is 12.4 Å². The summed E-state index contributed by atoms with van der Waals surface area (Å²) in [5.41, 5.74) is 6.47. The van der Waals surface area contributed by atoms with Crippen LogP contribution in [0.1, 0.15) is 44.1 Å².